The van der Waals surface area contributed by atoms with Gasteiger partial charge in [-0.1, -0.05) is 29.8 Å². The fourth-order valence-corrected chi connectivity index (χ4v) is 2.50. The smallest absolute Gasteiger partial charge is 0.460 e. The van der Waals surface area contributed by atoms with Gasteiger partial charge in [0.15, 0.2) is 5.78 Å². The molecule has 36 heavy (non-hydrogen) atoms. The van der Waals surface area contributed by atoms with Crippen molar-refractivity contribution in [2.75, 3.05) is 6.61 Å². The van der Waals surface area contributed by atoms with Gasteiger partial charge in [-0.05, 0) is 23.8 Å². The number of carbonyl (C=O) groups excluding carboxylic acids is 2. The molecule has 0 aromatic heterocycles. The van der Waals surface area contributed by atoms with Crippen LogP contribution >= 0.6 is 11.6 Å². The van der Waals surface area contributed by atoms with Gasteiger partial charge < -0.3 is 4.74 Å². The zero-order valence-corrected chi connectivity index (χ0v) is 17.9. The molecule has 1 aromatic rings. The second-order valence-corrected chi connectivity index (χ2v) is 7.44. The van der Waals surface area contributed by atoms with Crippen molar-refractivity contribution in [3.05, 3.63) is 40.9 Å². The number of ether oxygens (including phenoxy) is 1. The number of ketones is 1. The summed E-state index contributed by atoms with van der Waals surface area (Å²) in [5, 5.41) is 0.271. The summed E-state index contributed by atoms with van der Waals surface area (Å²) in [5.41, 5.74) is 0.375. The Kier molecular flexibility index (Phi) is 9.15. The van der Waals surface area contributed by atoms with Gasteiger partial charge in [0.05, 0.1) is 13.0 Å². The van der Waals surface area contributed by atoms with Crippen LogP contribution in [-0.4, -0.2) is 54.1 Å². The molecule has 0 atom stereocenters. The Labute approximate surface area is 197 Å². The maximum atomic E-state index is 13.6. The molecule has 0 radical (unpaired) electrons. The zero-order valence-electron chi connectivity index (χ0n) is 17.1. The van der Waals surface area contributed by atoms with E-state index in [9.17, 15) is 66.7 Å². The number of halogens is 14. The lowest BCUT2D eigenvalue weighted by molar-refractivity contribution is -0.440. The standard InChI is InChI=1S/C19H12ClF13O3/c20-11-3-1-2-10(8-11)4-5-12(34)9-13(35)36-7-6-14(21,22)15(23,24)16(25,26)17(27,28)18(29,30)19(31,32)33/h1-5,8H,6-7,9H2. The van der Waals surface area contributed by atoms with E-state index in [2.05, 4.69) is 4.74 Å². The number of hydrogen-bond acceptors (Lipinski definition) is 3. The van der Waals surface area contributed by atoms with Crippen LogP contribution in [0.2, 0.25) is 5.02 Å². The summed E-state index contributed by atoms with van der Waals surface area (Å²) in [6.45, 7) is -1.93. The first-order chi connectivity index (χ1) is 16.0. The lowest BCUT2D eigenvalue weighted by atomic mass is 9.93. The molecule has 0 heterocycles. The minimum atomic E-state index is -8.01. The monoisotopic (exact) mass is 570 g/mol. The molecule has 3 nitrogen and oxygen atoms in total. The van der Waals surface area contributed by atoms with Crippen LogP contribution in [0.25, 0.3) is 6.08 Å². The minimum Gasteiger partial charge on any atom is -0.465 e. The molecule has 1 aromatic carbocycles. The summed E-state index contributed by atoms with van der Waals surface area (Å²) in [6.07, 6.45) is -9.46. The van der Waals surface area contributed by atoms with Crippen molar-refractivity contribution in [1.29, 1.82) is 0 Å². The van der Waals surface area contributed by atoms with Crippen LogP contribution in [0.4, 0.5) is 57.1 Å². The number of carbonyl (C=O) groups is 2. The predicted octanol–water partition coefficient (Wildman–Crippen LogP) is 6.98. The molecule has 204 valence electrons. The van der Waals surface area contributed by atoms with Crippen LogP contribution in [-0.2, 0) is 14.3 Å². The molecule has 0 saturated heterocycles. The number of allylic oxidation sites excluding steroid dienone is 1. The predicted molar refractivity (Wildman–Crippen MR) is 96.5 cm³/mol. The lowest BCUT2D eigenvalue weighted by Crippen LogP contribution is -2.70. The Bertz CT molecular complexity index is 987. The van der Waals surface area contributed by atoms with E-state index in [1.807, 2.05) is 0 Å². The summed E-state index contributed by atoms with van der Waals surface area (Å²) >= 11 is 5.68. The van der Waals surface area contributed by atoms with Crippen LogP contribution in [0, 0.1) is 0 Å². The van der Waals surface area contributed by atoms with E-state index >= 15 is 0 Å². The Balaban J connectivity index is 2.85. The molecular formula is C19H12ClF13O3. The quantitative estimate of drug-likeness (QED) is 0.125. The van der Waals surface area contributed by atoms with Gasteiger partial charge in [-0.25, -0.2) is 0 Å². The third-order valence-corrected chi connectivity index (χ3v) is 4.54. The summed E-state index contributed by atoms with van der Waals surface area (Å²) in [5.74, 6) is -40.3. The van der Waals surface area contributed by atoms with E-state index in [-0.39, 0.29) is 5.02 Å². The normalized spacial score (nSPS) is 14.3. The molecular weight excluding hydrogens is 559 g/mol. The highest BCUT2D eigenvalue weighted by Crippen LogP contribution is 2.60. The molecule has 0 N–H and O–H groups in total. The molecule has 0 unspecified atom stereocenters. The molecule has 0 aliphatic rings. The molecule has 0 amide bonds. The highest BCUT2D eigenvalue weighted by Gasteiger charge is 2.90. The molecule has 0 spiro atoms. The zero-order chi connectivity index (χ0) is 28.4. The topological polar surface area (TPSA) is 43.4 Å². The maximum absolute atomic E-state index is 13.6. The van der Waals surface area contributed by atoms with Gasteiger partial charge in [0.2, 0.25) is 0 Å². The van der Waals surface area contributed by atoms with Crippen LogP contribution in [0.1, 0.15) is 18.4 Å². The molecule has 17 heteroatoms. The van der Waals surface area contributed by atoms with E-state index < -0.39 is 67.0 Å². The van der Waals surface area contributed by atoms with E-state index in [4.69, 9.17) is 11.6 Å². The van der Waals surface area contributed by atoms with E-state index in [0.717, 1.165) is 12.2 Å². The van der Waals surface area contributed by atoms with Crippen LogP contribution in [0.5, 0.6) is 0 Å². The number of hydrogen-bond donors (Lipinski definition) is 0. The van der Waals surface area contributed by atoms with Crippen LogP contribution in [0.15, 0.2) is 30.3 Å². The molecule has 1 rings (SSSR count). The number of alkyl halides is 13. The number of rotatable bonds is 11. The van der Waals surface area contributed by atoms with Crippen molar-refractivity contribution in [2.45, 2.75) is 48.6 Å². The Morgan fingerprint density at radius 2 is 1.33 bits per heavy atom. The first kappa shape index (κ1) is 31.5. The SMILES string of the molecule is O=C(C=Cc1cccc(Cl)c1)CC(=O)OCCC(F)(F)C(F)(F)C(F)(F)C(F)(F)C(F)(F)C(F)(F)F. The first-order valence-electron chi connectivity index (χ1n) is 9.09. The molecule has 0 aliphatic carbocycles. The van der Waals surface area contributed by atoms with Crippen molar-refractivity contribution in [3.8, 4) is 0 Å². The molecule has 0 bridgehead atoms. The minimum absolute atomic E-state index is 0.271. The summed E-state index contributed by atoms with van der Waals surface area (Å²) < 4.78 is 173. The van der Waals surface area contributed by atoms with Gasteiger partial charge in [0, 0.05) is 5.02 Å². The van der Waals surface area contributed by atoms with Gasteiger partial charge in [0.1, 0.15) is 6.42 Å². The van der Waals surface area contributed by atoms with Gasteiger partial charge in [-0.2, -0.15) is 57.1 Å². The van der Waals surface area contributed by atoms with Crippen molar-refractivity contribution < 1.29 is 71.4 Å². The second kappa shape index (κ2) is 10.5. The molecule has 0 fully saturated rings. The van der Waals surface area contributed by atoms with Gasteiger partial charge >= 0.3 is 41.8 Å². The maximum Gasteiger partial charge on any atom is 0.460 e. The van der Waals surface area contributed by atoms with E-state index in [0.29, 0.717) is 5.56 Å². The molecule has 0 saturated carbocycles. The van der Waals surface area contributed by atoms with Crippen LogP contribution < -0.4 is 0 Å². The third-order valence-electron chi connectivity index (χ3n) is 4.31. The fraction of sp³-hybridized carbons (Fsp3) is 0.474. The lowest BCUT2D eigenvalue weighted by Gasteiger charge is -2.39. The first-order valence-corrected chi connectivity index (χ1v) is 9.47. The average Bonchev–Trinajstić information content (AvgIpc) is 2.70. The third kappa shape index (κ3) is 6.24. The highest BCUT2D eigenvalue weighted by atomic mass is 35.5. The number of benzene rings is 1. The van der Waals surface area contributed by atoms with E-state index in [1.54, 1.807) is 0 Å². The Morgan fingerprint density at radius 1 is 0.806 bits per heavy atom. The van der Waals surface area contributed by atoms with Crippen molar-refractivity contribution >= 4 is 29.4 Å². The largest absolute Gasteiger partial charge is 0.465 e. The van der Waals surface area contributed by atoms with Crippen molar-refractivity contribution in [2.24, 2.45) is 0 Å². The Morgan fingerprint density at radius 3 is 1.83 bits per heavy atom. The molecule has 0 aliphatic heterocycles. The summed E-state index contributed by atoms with van der Waals surface area (Å²) in [7, 11) is 0. The van der Waals surface area contributed by atoms with Gasteiger partial charge in [-0.15, -0.1) is 0 Å². The second-order valence-electron chi connectivity index (χ2n) is 7.00. The van der Waals surface area contributed by atoms with Crippen molar-refractivity contribution in [3.63, 3.8) is 0 Å². The summed E-state index contributed by atoms with van der Waals surface area (Å²) in [4.78, 5) is 23.0. The summed E-state index contributed by atoms with van der Waals surface area (Å²) in [6, 6.07) is 5.83. The van der Waals surface area contributed by atoms with Crippen molar-refractivity contribution in [1.82, 2.24) is 0 Å². The Hall–Kier alpha value is -2.52. The van der Waals surface area contributed by atoms with Gasteiger partial charge in [-0.3, -0.25) is 9.59 Å². The highest BCUT2D eigenvalue weighted by molar-refractivity contribution is 6.30. The van der Waals surface area contributed by atoms with Gasteiger partial charge in [0.25, 0.3) is 0 Å². The van der Waals surface area contributed by atoms with E-state index in [1.165, 1.54) is 24.3 Å². The number of esters is 1. The fourth-order valence-electron chi connectivity index (χ4n) is 2.30. The average molecular weight is 571 g/mol. The van der Waals surface area contributed by atoms with Crippen LogP contribution in [0.3, 0.4) is 0 Å².